The highest BCUT2D eigenvalue weighted by molar-refractivity contribution is 5.88. The number of hydrogen-bond acceptors (Lipinski definition) is 13. The van der Waals surface area contributed by atoms with E-state index in [1.807, 2.05) is 149 Å². The van der Waals surface area contributed by atoms with Crippen LogP contribution < -0.4 is 49.1 Å². The zero-order valence-electron chi connectivity index (χ0n) is 64.9. The molecule has 1 aliphatic rings. The zero-order chi connectivity index (χ0) is 80.4. The number of carboxylic acids is 3. The van der Waals surface area contributed by atoms with Gasteiger partial charge in [-0.05, 0) is 162 Å². The molecule has 0 unspecified atom stereocenters. The van der Waals surface area contributed by atoms with Crippen molar-refractivity contribution in [3.8, 4) is 11.1 Å². The zero-order valence-corrected chi connectivity index (χ0v) is 64.9. The first-order valence-electron chi connectivity index (χ1n) is 39.0. The van der Waals surface area contributed by atoms with E-state index in [9.17, 15) is 48.9 Å². The number of hydrogen-bond donors (Lipinski definition) is 12. The van der Waals surface area contributed by atoms with E-state index in [1.165, 1.54) is 16.7 Å². The van der Waals surface area contributed by atoms with Crippen LogP contribution in [-0.2, 0) is 57.4 Å². The number of alkyl carbamates (subject to hydrolysis) is 1. The van der Waals surface area contributed by atoms with Crippen LogP contribution in [-0.4, -0.2) is 120 Å². The smallest absolute Gasteiger partial charge is 0.407 e. The van der Waals surface area contributed by atoms with Gasteiger partial charge in [0.2, 0.25) is 17.7 Å². The maximum atomic E-state index is 12.4. The number of aliphatic carboxylic acids is 3. The molecule has 9 aromatic rings. The maximum Gasteiger partial charge on any atom is 0.407 e. The summed E-state index contributed by atoms with van der Waals surface area (Å²) >= 11 is 0. The highest BCUT2D eigenvalue weighted by Gasteiger charge is 2.38. The van der Waals surface area contributed by atoms with Crippen molar-refractivity contribution in [2.45, 2.75) is 158 Å². The molecule has 1 aliphatic carbocycles. The van der Waals surface area contributed by atoms with Crippen molar-refractivity contribution in [1.82, 2.24) is 31.9 Å². The van der Waals surface area contributed by atoms with Gasteiger partial charge in [-0.3, -0.25) is 25.0 Å². The largest absolute Gasteiger partial charge is 0.480 e. The Morgan fingerprint density at radius 3 is 1.04 bits per heavy atom. The molecule has 0 spiro atoms. The van der Waals surface area contributed by atoms with E-state index in [-0.39, 0.29) is 30.8 Å². The fraction of sp³-hybridized carbons (Fsp3) is 0.337. The van der Waals surface area contributed by atoms with E-state index in [4.69, 9.17) is 21.9 Å². The normalized spacial score (nSPS) is 13.3. The van der Waals surface area contributed by atoms with Gasteiger partial charge < -0.3 is 58.5 Å². The maximum absolute atomic E-state index is 12.4. The lowest BCUT2D eigenvalue weighted by Crippen LogP contribution is -2.50. The molecule has 0 heterocycles. The van der Waals surface area contributed by atoms with Gasteiger partial charge in [0.1, 0.15) is 24.7 Å². The summed E-state index contributed by atoms with van der Waals surface area (Å²) in [5.74, 6) is -4.69. The molecule has 9 aromatic carbocycles. The van der Waals surface area contributed by atoms with Gasteiger partial charge in [0.15, 0.2) is 0 Å². The summed E-state index contributed by atoms with van der Waals surface area (Å²) in [7, 11) is 0. The number of unbranched alkanes of at least 4 members (excludes halogenated alkanes) is 3. The van der Waals surface area contributed by atoms with Gasteiger partial charge in [0.25, 0.3) is 0 Å². The second-order valence-corrected chi connectivity index (χ2v) is 29.0. The van der Waals surface area contributed by atoms with E-state index < -0.39 is 89.1 Å². The van der Waals surface area contributed by atoms with Crippen molar-refractivity contribution < 1.29 is 53.6 Å². The molecular formula is C92H111N9O11. The average molecular weight is 1520 g/mol. The Morgan fingerprint density at radius 2 is 0.696 bits per heavy atom. The van der Waals surface area contributed by atoms with Gasteiger partial charge in [-0.2, -0.15) is 0 Å². The minimum absolute atomic E-state index is 0.0126. The second-order valence-electron chi connectivity index (χ2n) is 29.0. The number of benzene rings is 9. The molecule has 4 amide bonds. The lowest BCUT2D eigenvalue weighted by molar-refractivity contribution is -0.142. The third-order valence-corrected chi connectivity index (χ3v) is 20.5. The SMILES string of the molecule is CC(C)[C@H](N)C(=O)N[C@@H](CCCCNC(c1ccccc1)(c1ccccc1)c1ccccc1)C(=O)O.CCc1ccc(C(NCCCC[C@H](NC(=O)[C@@H](N)C(C)C)C(=O)O)(c2ccccc2)c2ccccc2)cc1.N[C@@H](Cc1ccccc1)C(=O)N[C@@H](CCCCNC(=O)OCC1c2ccccc2-c2ccccc21)C(=O)O. The number of nitrogens with one attached hydrogen (secondary N) is 6. The topological polar surface area (TPSA) is 340 Å². The molecular weight excluding hydrogens is 1410 g/mol. The van der Waals surface area contributed by atoms with Crippen LogP contribution in [0.3, 0.4) is 0 Å². The average Bonchev–Trinajstić information content (AvgIpc) is 0.853. The van der Waals surface area contributed by atoms with Crippen LogP contribution in [0.4, 0.5) is 4.79 Å². The van der Waals surface area contributed by atoms with Gasteiger partial charge in [-0.15, -0.1) is 0 Å². The molecule has 10 rings (SSSR count). The fourth-order valence-electron chi connectivity index (χ4n) is 14.0. The van der Waals surface area contributed by atoms with Crippen LogP contribution >= 0.6 is 0 Å². The summed E-state index contributed by atoms with van der Waals surface area (Å²) in [6, 6.07) is 80.9. The van der Waals surface area contributed by atoms with Gasteiger partial charge in [0.05, 0.1) is 29.2 Å². The fourth-order valence-corrected chi connectivity index (χ4v) is 14.0. The summed E-state index contributed by atoms with van der Waals surface area (Å²) in [6.45, 7) is 11.4. The summed E-state index contributed by atoms with van der Waals surface area (Å²) in [5, 5.41) is 46.9. The Labute approximate surface area is 659 Å². The molecule has 20 heteroatoms. The Kier molecular flexibility index (Phi) is 34.0. The number of ether oxygens (including phenoxy) is 1. The predicted octanol–water partition coefficient (Wildman–Crippen LogP) is 13.0. The molecule has 0 aromatic heterocycles. The van der Waals surface area contributed by atoms with Crippen molar-refractivity contribution in [1.29, 1.82) is 0 Å². The predicted molar refractivity (Wildman–Crippen MR) is 441 cm³/mol. The lowest BCUT2D eigenvalue weighted by atomic mass is 9.76. The molecule has 0 saturated heterocycles. The molecule has 0 radical (unpaired) electrons. The molecule has 590 valence electrons. The number of carbonyl (C=O) groups excluding carboxylic acids is 4. The Morgan fingerprint density at radius 1 is 0.384 bits per heavy atom. The van der Waals surface area contributed by atoms with Crippen LogP contribution in [0.5, 0.6) is 0 Å². The molecule has 6 atom stereocenters. The molecule has 20 nitrogen and oxygen atoms in total. The van der Waals surface area contributed by atoms with Crippen LogP contribution in [0.25, 0.3) is 11.1 Å². The second kappa shape index (κ2) is 44.1. The van der Waals surface area contributed by atoms with E-state index in [1.54, 1.807) is 0 Å². The summed E-state index contributed by atoms with van der Waals surface area (Å²) in [6.07, 6.45) is 5.47. The highest BCUT2D eigenvalue weighted by atomic mass is 16.5. The third kappa shape index (κ3) is 24.2. The van der Waals surface area contributed by atoms with Crippen molar-refractivity contribution >= 4 is 41.7 Å². The monoisotopic (exact) mass is 1520 g/mol. The van der Waals surface area contributed by atoms with Gasteiger partial charge in [0, 0.05) is 12.5 Å². The number of carboxylic acid groups (broad SMARTS) is 3. The molecule has 0 saturated carbocycles. The minimum Gasteiger partial charge on any atom is -0.480 e. The first-order chi connectivity index (χ1) is 54.1. The molecule has 112 heavy (non-hydrogen) atoms. The van der Waals surface area contributed by atoms with Crippen LogP contribution in [0, 0.1) is 11.8 Å². The third-order valence-electron chi connectivity index (χ3n) is 20.5. The number of amides is 4. The Hall–Kier alpha value is -11.1. The summed E-state index contributed by atoms with van der Waals surface area (Å²) in [4.78, 5) is 84.5. The molecule has 0 fully saturated rings. The van der Waals surface area contributed by atoms with E-state index in [2.05, 4.69) is 172 Å². The quantitative estimate of drug-likeness (QED) is 0.0126. The summed E-state index contributed by atoms with van der Waals surface area (Å²) in [5.41, 5.74) is 30.2. The van der Waals surface area contributed by atoms with E-state index >= 15 is 0 Å². The number of carbonyl (C=O) groups is 7. The lowest BCUT2D eigenvalue weighted by Gasteiger charge is -2.37. The van der Waals surface area contributed by atoms with E-state index in [0.717, 1.165) is 69.3 Å². The first kappa shape index (κ1) is 86.5. The minimum atomic E-state index is -1.12. The molecule has 15 N–H and O–H groups in total. The van der Waals surface area contributed by atoms with Crippen LogP contribution in [0.2, 0.25) is 0 Å². The number of nitrogens with two attached hydrogens (primary N) is 3. The van der Waals surface area contributed by atoms with Crippen molar-refractivity contribution in [2.75, 3.05) is 26.2 Å². The van der Waals surface area contributed by atoms with E-state index in [0.29, 0.717) is 64.6 Å². The number of aryl methyl sites for hydroxylation is 1. The number of fused-ring (bicyclic) bond motifs is 3. The highest BCUT2D eigenvalue weighted by Crippen LogP contribution is 2.45. The van der Waals surface area contributed by atoms with Crippen molar-refractivity contribution in [2.24, 2.45) is 29.0 Å². The van der Waals surface area contributed by atoms with Gasteiger partial charge in [-0.1, -0.05) is 289 Å². The standard InChI is InChI=1S/C32H41N3O3.C30H33N3O5.C30H37N3O3/c1-4-24-18-20-27(21-19-24)32(25-13-7-5-8-14-25,26-15-9-6-10-16-26)34-22-12-11-17-28(31(37)38)35-30(36)29(33)23(2)3;31-26(18-20-10-2-1-3-11-20)28(34)33-27(29(35)36)16-8-9-17-32-30(37)38-19-25-23-14-6-4-12-21(23)22-13-5-7-15-24(22)25;1-22(2)27(31)28(34)33-26(29(35)36)20-12-13-21-32-30(23-14-6-3-7-15-23,24-16-8-4-9-17-24)25-18-10-5-11-19-25/h5-10,13-16,18-21,23,28-29,34H,4,11-12,17,22,33H2,1-3H3,(H,35,36)(H,37,38);1-7,10-15,25-27H,8-9,16-19,31H2,(H,32,37)(H,33,34)(H,35,36);3-11,14-19,22,26-27,32H,12-13,20-21,31H2,1-2H3,(H,33,34)(H,35,36)/t28-,29-;2*26-,27-/m000/s1. The first-order valence-corrected chi connectivity index (χ1v) is 39.0. The molecule has 0 bridgehead atoms. The van der Waals surface area contributed by atoms with Gasteiger partial charge >= 0.3 is 24.0 Å². The van der Waals surface area contributed by atoms with Crippen molar-refractivity contribution in [3.63, 3.8) is 0 Å². The number of rotatable bonds is 39. The van der Waals surface area contributed by atoms with Crippen LogP contribution in [0.1, 0.15) is 154 Å². The van der Waals surface area contributed by atoms with Crippen LogP contribution in [0.15, 0.2) is 255 Å². The Balaban J connectivity index is 0.000000211. The summed E-state index contributed by atoms with van der Waals surface area (Å²) < 4.78 is 5.52. The Bertz CT molecular complexity index is 4210. The van der Waals surface area contributed by atoms with Gasteiger partial charge in [-0.25, -0.2) is 19.2 Å². The molecule has 0 aliphatic heterocycles. The van der Waals surface area contributed by atoms with Crippen molar-refractivity contribution in [3.05, 3.63) is 310 Å².